The lowest BCUT2D eigenvalue weighted by Gasteiger charge is -2.22. The number of halogens is 1. The zero-order chi connectivity index (χ0) is 12.3. The molecule has 0 fully saturated rings. The lowest BCUT2D eigenvalue weighted by molar-refractivity contribution is 0.103. The van der Waals surface area contributed by atoms with Crippen LogP contribution in [0.25, 0.3) is 0 Å². The molecule has 2 heteroatoms. The summed E-state index contributed by atoms with van der Waals surface area (Å²) in [6.07, 6.45) is 1.63. The summed E-state index contributed by atoms with van der Waals surface area (Å²) < 4.78 is 0. The molecule has 0 radical (unpaired) electrons. The van der Waals surface area contributed by atoms with Gasteiger partial charge in [0.25, 0.3) is 0 Å². The summed E-state index contributed by atoms with van der Waals surface area (Å²) in [4.78, 5) is 0. The van der Waals surface area contributed by atoms with Gasteiger partial charge in [0.2, 0.25) is 0 Å². The molecule has 0 bridgehead atoms. The van der Waals surface area contributed by atoms with E-state index >= 15 is 0 Å². The number of aliphatic hydroxyl groups excluding tert-OH is 1. The second-order valence-electron chi connectivity index (χ2n) is 4.48. The van der Waals surface area contributed by atoms with Crippen LogP contribution >= 0.6 is 11.6 Å². The fourth-order valence-corrected chi connectivity index (χ4v) is 2.33. The molecule has 1 unspecified atom stereocenters. The molecule has 1 N–H and O–H groups in total. The van der Waals surface area contributed by atoms with Gasteiger partial charge in [-0.05, 0) is 42.5 Å². The van der Waals surface area contributed by atoms with Crippen molar-refractivity contribution in [1.29, 1.82) is 0 Å². The zero-order valence-electron chi connectivity index (χ0n) is 10.5. The van der Waals surface area contributed by atoms with Crippen LogP contribution in [0.3, 0.4) is 0 Å². The minimum absolute atomic E-state index is 0.333. The molecule has 0 aromatic heterocycles. The Labute approximate surface area is 103 Å². The topological polar surface area (TPSA) is 20.2 Å². The fourth-order valence-electron chi connectivity index (χ4n) is 2.11. The molecule has 1 rings (SSSR count). The Hall–Kier alpha value is -0.530. The van der Waals surface area contributed by atoms with Crippen LogP contribution < -0.4 is 0 Å². The summed E-state index contributed by atoms with van der Waals surface area (Å²) >= 11 is 6.06. The highest BCUT2D eigenvalue weighted by atomic mass is 35.5. The second-order valence-corrected chi connectivity index (χ2v) is 4.89. The van der Waals surface area contributed by atoms with Crippen LogP contribution in [0.5, 0.6) is 0 Å². The van der Waals surface area contributed by atoms with Crippen molar-refractivity contribution in [3.63, 3.8) is 0 Å². The Balaban J connectivity index is 3.07. The summed E-state index contributed by atoms with van der Waals surface area (Å²) in [5.74, 6) is 0.333. The lowest BCUT2D eigenvalue weighted by Crippen LogP contribution is -2.12. The molecule has 1 aromatic rings. The van der Waals surface area contributed by atoms with Crippen LogP contribution in [0.15, 0.2) is 12.1 Å². The average Bonchev–Trinajstić information content (AvgIpc) is 2.25. The number of rotatable bonds is 4. The highest BCUT2D eigenvalue weighted by Crippen LogP contribution is 2.31. The van der Waals surface area contributed by atoms with Gasteiger partial charge in [0.15, 0.2) is 0 Å². The predicted molar refractivity (Wildman–Crippen MR) is 70.0 cm³/mol. The molecule has 1 nitrogen and oxygen atoms in total. The molecular formula is C14H21ClO. The molecule has 1 aromatic carbocycles. The van der Waals surface area contributed by atoms with Gasteiger partial charge in [0, 0.05) is 5.02 Å². The van der Waals surface area contributed by atoms with Crippen molar-refractivity contribution in [2.45, 2.75) is 46.6 Å². The van der Waals surface area contributed by atoms with Crippen molar-refractivity contribution in [2.75, 3.05) is 0 Å². The van der Waals surface area contributed by atoms with Gasteiger partial charge in [-0.15, -0.1) is 0 Å². The molecule has 0 spiro atoms. The fraction of sp³-hybridized carbons (Fsp3) is 0.571. The first kappa shape index (κ1) is 13.5. The Morgan fingerprint density at radius 3 is 2.19 bits per heavy atom. The molecule has 0 saturated carbocycles. The van der Waals surface area contributed by atoms with Gasteiger partial charge in [-0.1, -0.05) is 44.4 Å². The predicted octanol–water partition coefficient (Wildman–Crippen LogP) is 4.43. The first-order chi connectivity index (χ1) is 7.51. The van der Waals surface area contributed by atoms with E-state index in [0.29, 0.717) is 5.92 Å². The number of aryl methyl sites for hydroxylation is 2. The van der Waals surface area contributed by atoms with E-state index in [2.05, 4.69) is 13.8 Å². The van der Waals surface area contributed by atoms with E-state index < -0.39 is 0 Å². The third kappa shape index (κ3) is 2.78. The number of hydrogen-bond donors (Lipinski definition) is 1. The van der Waals surface area contributed by atoms with Crippen LogP contribution in [-0.2, 0) is 0 Å². The molecule has 0 saturated heterocycles. The zero-order valence-corrected chi connectivity index (χ0v) is 11.3. The summed E-state index contributed by atoms with van der Waals surface area (Å²) in [5, 5.41) is 11.1. The third-order valence-electron chi connectivity index (χ3n) is 3.36. The molecule has 1 atom stereocenters. The highest BCUT2D eigenvalue weighted by molar-refractivity contribution is 6.31. The Morgan fingerprint density at radius 1 is 1.12 bits per heavy atom. The highest BCUT2D eigenvalue weighted by Gasteiger charge is 2.19. The van der Waals surface area contributed by atoms with Crippen LogP contribution in [0.4, 0.5) is 0 Å². The first-order valence-electron chi connectivity index (χ1n) is 5.95. The lowest BCUT2D eigenvalue weighted by atomic mass is 9.88. The summed E-state index contributed by atoms with van der Waals surface area (Å²) in [6, 6.07) is 3.96. The number of benzene rings is 1. The number of aliphatic hydroxyl groups is 1. The second kappa shape index (κ2) is 5.70. The smallest absolute Gasteiger partial charge is 0.0820 e. The molecule has 16 heavy (non-hydrogen) atoms. The van der Waals surface area contributed by atoms with Gasteiger partial charge in [0.1, 0.15) is 0 Å². The largest absolute Gasteiger partial charge is 0.388 e. The minimum Gasteiger partial charge on any atom is -0.388 e. The van der Waals surface area contributed by atoms with Gasteiger partial charge < -0.3 is 5.11 Å². The van der Waals surface area contributed by atoms with Gasteiger partial charge in [-0.3, -0.25) is 0 Å². The molecule has 0 amide bonds. The van der Waals surface area contributed by atoms with E-state index in [-0.39, 0.29) is 6.10 Å². The maximum absolute atomic E-state index is 10.3. The maximum atomic E-state index is 10.3. The molecular weight excluding hydrogens is 220 g/mol. The van der Waals surface area contributed by atoms with Crippen molar-refractivity contribution in [2.24, 2.45) is 5.92 Å². The van der Waals surface area contributed by atoms with Crippen molar-refractivity contribution in [1.82, 2.24) is 0 Å². The summed E-state index contributed by atoms with van der Waals surface area (Å²) in [6.45, 7) is 8.22. The van der Waals surface area contributed by atoms with E-state index in [9.17, 15) is 5.11 Å². The van der Waals surface area contributed by atoms with Gasteiger partial charge in [0.05, 0.1) is 6.10 Å². The van der Waals surface area contributed by atoms with Gasteiger partial charge in [-0.2, -0.15) is 0 Å². The minimum atomic E-state index is -0.369. The van der Waals surface area contributed by atoms with Crippen molar-refractivity contribution < 1.29 is 5.11 Å². The van der Waals surface area contributed by atoms with Crippen molar-refractivity contribution in [3.05, 3.63) is 33.8 Å². The van der Waals surface area contributed by atoms with Crippen LogP contribution in [-0.4, -0.2) is 5.11 Å². The van der Waals surface area contributed by atoms with E-state index in [1.807, 2.05) is 26.0 Å². The van der Waals surface area contributed by atoms with Crippen LogP contribution in [0, 0.1) is 19.8 Å². The molecule has 0 aliphatic rings. The van der Waals surface area contributed by atoms with E-state index in [4.69, 9.17) is 11.6 Å². The maximum Gasteiger partial charge on any atom is 0.0820 e. The molecule has 0 heterocycles. The van der Waals surface area contributed by atoms with Crippen LogP contribution in [0.1, 0.15) is 49.5 Å². The average molecular weight is 241 g/mol. The Morgan fingerprint density at radius 2 is 1.69 bits per heavy atom. The molecule has 90 valence electrons. The van der Waals surface area contributed by atoms with E-state index in [1.165, 1.54) is 0 Å². The standard InChI is InChI=1S/C14H21ClO/c1-5-11(6-2)14(16)12-7-10(4)13(15)8-9(12)3/h7-8,11,14,16H,5-6H2,1-4H3. The summed E-state index contributed by atoms with van der Waals surface area (Å²) in [7, 11) is 0. The van der Waals surface area contributed by atoms with Gasteiger partial charge in [-0.25, -0.2) is 0 Å². The third-order valence-corrected chi connectivity index (χ3v) is 3.77. The monoisotopic (exact) mass is 240 g/mol. The van der Waals surface area contributed by atoms with Crippen molar-refractivity contribution >= 4 is 11.6 Å². The number of hydrogen-bond acceptors (Lipinski definition) is 1. The quantitative estimate of drug-likeness (QED) is 0.826. The summed E-state index contributed by atoms with van der Waals surface area (Å²) in [5.41, 5.74) is 3.14. The SMILES string of the molecule is CCC(CC)C(O)c1cc(C)c(Cl)cc1C. The van der Waals surface area contributed by atoms with Crippen molar-refractivity contribution in [3.8, 4) is 0 Å². The first-order valence-corrected chi connectivity index (χ1v) is 6.33. The van der Waals surface area contributed by atoms with Crippen LogP contribution in [0.2, 0.25) is 5.02 Å². The molecule has 0 aliphatic carbocycles. The van der Waals surface area contributed by atoms with Gasteiger partial charge >= 0.3 is 0 Å². The van der Waals surface area contributed by atoms with E-state index in [0.717, 1.165) is 34.6 Å². The Bertz CT molecular complexity index is 356. The molecule has 0 aliphatic heterocycles. The normalized spacial score (nSPS) is 13.2. The van der Waals surface area contributed by atoms with E-state index in [1.54, 1.807) is 0 Å². The Kier molecular flexibility index (Phi) is 4.82.